The number of halogens is 2. The third-order valence-electron chi connectivity index (χ3n) is 4.84. The SMILES string of the molecule is CC.CCN1CCC(N2CCC(COC(C)C)CC2)C(F)(F)C1. The van der Waals surface area contributed by atoms with Crippen molar-refractivity contribution in [2.45, 2.75) is 71.9 Å². The molecule has 0 aromatic rings. The summed E-state index contributed by atoms with van der Waals surface area (Å²) in [7, 11) is 0. The summed E-state index contributed by atoms with van der Waals surface area (Å²) in [5, 5.41) is 0. The summed E-state index contributed by atoms with van der Waals surface area (Å²) in [6.07, 6.45) is 2.81. The average molecular weight is 334 g/mol. The topological polar surface area (TPSA) is 15.7 Å². The highest BCUT2D eigenvalue weighted by molar-refractivity contribution is 4.94. The Morgan fingerprint density at radius 2 is 1.70 bits per heavy atom. The third kappa shape index (κ3) is 6.28. The lowest BCUT2D eigenvalue weighted by Crippen LogP contribution is -2.59. The molecule has 2 aliphatic rings. The van der Waals surface area contributed by atoms with Gasteiger partial charge in [0.05, 0.1) is 18.7 Å². The van der Waals surface area contributed by atoms with Crippen LogP contribution in [0.1, 0.15) is 53.9 Å². The van der Waals surface area contributed by atoms with Gasteiger partial charge < -0.3 is 4.74 Å². The molecule has 0 N–H and O–H groups in total. The second-order valence-electron chi connectivity index (χ2n) is 6.80. The molecule has 2 fully saturated rings. The summed E-state index contributed by atoms with van der Waals surface area (Å²) in [4.78, 5) is 3.89. The first-order chi connectivity index (χ1) is 10.9. The van der Waals surface area contributed by atoms with Crippen molar-refractivity contribution in [1.82, 2.24) is 9.80 Å². The summed E-state index contributed by atoms with van der Waals surface area (Å²) in [6, 6.07) is -0.563. The van der Waals surface area contributed by atoms with Crippen molar-refractivity contribution in [1.29, 1.82) is 0 Å². The number of hydrogen-bond donors (Lipinski definition) is 0. The number of alkyl halides is 2. The van der Waals surface area contributed by atoms with Crippen LogP contribution in [0.5, 0.6) is 0 Å². The van der Waals surface area contributed by atoms with Crippen LogP contribution in [0.2, 0.25) is 0 Å². The molecular formula is C18H36F2N2O. The van der Waals surface area contributed by atoms with Crippen molar-refractivity contribution < 1.29 is 13.5 Å². The van der Waals surface area contributed by atoms with Crippen LogP contribution in [0, 0.1) is 5.92 Å². The van der Waals surface area contributed by atoms with Crippen LogP contribution in [0.4, 0.5) is 8.78 Å². The lowest BCUT2D eigenvalue weighted by Gasteiger charge is -2.45. The Morgan fingerprint density at radius 1 is 1.09 bits per heavy atom. The quantitative estimate of drug-likeness (QED) is 0.759. The molecule has 0 radical (unpaired) electrons. The maximum atomic E-state index is 14.3. The van der Waals surface area contributed by atoms with E-state index in [-0.39, 0.29) is 12.6 Å². The maximum absolute atomic E-state index is 14.3. The fourth-order valence-electron chi connectivity index (χ4n) is 3.48. The molecule has 1 unspecified atom stereocenters. The lowest BCUT2D eigenvalue weighted by atomic mass is 9.92. The van der Waals surface area contributed by atoms with E-state index in [1.165, 1.54) is 0 Å². The predicted octanol–water partition coefficient (Wildman–Crippen LogP) is 3.88. The van der Waals surface area contributed by atoms with E-state index in [0.29, 0.717) is 12.3 Å². The fourth-order valence-corrected chi connectivity index (χ4v) is 3.48. The van der Waals surface area contributed by atoms with Gasteiger partial charge in [0.2, 0.25) is 0 Å². The zero-order valence-electron chi connectivity index (χ0n) is 15.7. The highest BCUT2D eigenvalue weighted by Crippen LogP contribution is 2.33. The Bertz CT molecular complexity index is 318. The van der Waals surface area contributed by atoms with Crippen molar-refractivity contribution in [3.8, 4) is 0 Å². The van der Waals surface area contributed by atoms with Crippen molar-refractivity contribution in [2.24, 2.45) is 5.92 Å². The Balaban J connectivity index is 0.00000127. The van der Waals surface area contributed by atoms with Crippen LogP contribution in [0.15, 0.2) is 0 Å². The first-order valence-corrected chi connectivity index (χ1v) is 9.38. The average Bonchev–Trinajstić information content (AvgIpc) is 2.54. The minimum atomic E-state index is -2.57. The number of likely N-dealkylation sites (tertiary alicyclic amines) is 2. The van der Waals surface area contributed by atoms with Crippen LogP contribution in [0.25, 0.3) is 0 Å². The number of rotatable bonds is 5. The maximum Gasteiger partial charge on any atom is 0.275 e. The van der Waals surface area contributed by atoms with E-state index in [2.05, 4.69) is 0 Å². The standard InChI is InChI=1S/C16H30F2N2O.C2H6/c1-4-19-8-7-15(16(17,18)12-19)20-9-5-14(6-10-20)11-21-13(2)3;1-2/h13-15H,4-12H2,1-3H3;1-2H3. The van der Waals surface area contributed by atoms with Gasteiger partial charge in [-0.25, -0.2) is 8.78 Å². The van der Waals surface area contributed by atoms with E-state index in [0.717, 1.165) is 45.6 Å². The van der Waals surface area contributed by atoms with Crippen molar-refractivity contribution in [2.75, 3.05) is 39.3 Å². The minimum absolute atomic E-state index is 0.0788. The van der Waals surface area contributed by atoms with E-state index in [9.17, 15) is 8.78 Å². The molecule has 0 aromatic carbocycles. The van der Waals surface area contributed by atoms with Crippen molar-refractivity contribution >= 4 is 0 Å². The second kappa shape index (κ2) is 9.90. The van der Waals surface area contributed by atoms with Gasteiger partial charge >= 0.3 is 0 Å². The van der Waals surface area contributed by atoms with Gasteiger partial charge in [0.15, 0.2) is 0 Å². The number of ether oxygens (including phenoxy) is 1. The molecule has 1 atom stereocenters. The highest BCUT2D eigenvalue weighted by atomic mass is 19.3. The largest absolute Gasteiger partial charge is 0.379 e. The molecule has 2 aliphatic heterocycles. The Hall–Kier alpha value is -0.260. The van der Waals surface area contributed by atoms with Crippen molar-refractivity contribution in [3.05, 3.63) is 0 Å². The zero-order chi connectivity index (χ0) is 17.5. The van der Waals surface area contributed by atoms with E-state index in [1.807, 2.05) is 44.4 Å². The molecule has 3 nitrogen and oxygen atoms in total. The molecule has 23 heavy (non-hydrogen) atoms. The predicted molar refractivity (Wildman–Crippen MR) is 92.2 cm³/mol. The van der Waals surface area contributed by atoms with E-state index in [1.54, 1.807) is 0 Å². The highest BCUT2D eigenvalue weighted by Gasteiger charge is 2.47. The monoisotopic (exact) mass is 334 g/mol. The summed E-state index contributed by atoms with van der Waals surface area (Å²) >= 11 is 0. The number of hydrogen-bond acceptors (Lipinski definition) is 3. The van der Waals surface area contributed by atoms with Crippen LogP contribution >= 0.6 is 0 Å². The normalized spacial score (nSPS) is 26.9. The molecule has 0 spiro atoms. The molecule has 138 valence electrons. The molecule has 5 heteroatoms. The fraction of sp³-hybridized carbons (Fsp3) is 1.00. The van der Waals surface area contributed by atoms with Crippen LogP contribution in [0.3, 0.4) is 0 Å². The minimum Gasteiger partial charge on any atom is -0.379 e. The molecule has 2 rings (SSSR count). The van der Waals surface area contributed by atoms with Crippen LogP contribution in [-0.4, -0.2) is 67.2 Å². The Kier molecular flexibility index (Phi) is 8.94. The summed E-state index contributed by atoms with van der Waals surface area (Å²) in [5.41, 5.74) is 0. The smallest absolute Gasteiger partial charge is 0.275 e. The Morgan fingerprint density at radius 3 is 2.17 bits per heavy atom. The molecule has 0 saturated carbocycles. The van der Waals surface area contributed by atoms with Crippen molar-refractivity contribution in [3.63, 3.8) is 0 Å². The Labute approximate surface area is 141 Å². The summed E-state index contributed by atoms with van der Waals surface area (Å²) in [6.45, 7) is 13.8. The van der Waals surface area contributed by atoms with Gasteiger partial charge in [-0.3, -0.25) is 9.80 Å². The summed E-state index contributed by atoms with van der Waals surface area (Å²) < 4.78 is 34.3. The molecular weight excluding hydrogens is 298 g/mol. The first kappa shape index (κ1) is 20.8. The van der Waals surface area contributed by atoms with Gasteiger partial charge in [-0.2, -0.15) is 0 Å². The molecule has 0 aliphatic carbocycles. The van der Waals surface area contributed by atoms with Gasteiger partial charge in [0.1, 0.15) is 0 Å². The molecule has 2 heterocycles. The number of nitrogens with zero attached hydrogens (tertiary/aromatic N) is 2. The molecule has 0 aromatic heterocycles. The first-order valence-electron chi connectivity index (χ1n) is 9.38. The van der Waals surface area contributed by atoms with Gasteiger partial charge in [-0.1, -0.05) is 20.8 Å². The second-order valence-corrected chi connectivity index (χ2v) is 6.80. The van der Waals surface area contributed by atoms with E-state index >= 15 is 0 Å². The van der Waals surface area contributed by atoms with Gasteiger partial charge in [0.25, 0.3) is 5.92 Å². The van der Waals surface area contributed by atoms with Crippen LogP contribution in [-0.2, 0) is 4.74 Å². The molecule has 2 saturated heterocycles. The van der Waals surface area contributed by atoms with Gasteiger partial charge in [-0.05, 0) is 58.7 Å². The van der Waals surface area contributed by atoms with E-state index in [4.69, 9.17) is 4.74 Å². The molecule has 0 bridgehead atoms. The van der Waals surface area contributed by atoms with Gasteiger partial charge in [-0.15, -0.1) is 0 Å². The molecule has 0 amide bonds. The number of piperidine rings is 2. The zero-order valence-corrected chi connectivity index (χ0v) is 15.7. The van der Waals surface area contributed by atoms with Crippen LogP contribution < -0.4 is 0 Å². The lowest BCUT2D eigenvalue weighted by molar-refractivity contribution is -0.132. The van der Waals surface area contributed by atoms with Gasteiger partial charge in [0, 0.05) is 13.2 Å². The summed E-state index contributed by atoms with van der Waals surface area (Å²) in [5.74, 6) is -2.04. The van der Waals surface area contributed by atoms with E-state index < -0.39 is 12.0 Å². The third-order valence-corrected chi connectivity index (χ3v) is 4.84.